The molecule has 1 aliphatic carbocycles. The van der Waals surface area contributed by atoms with Gasteiger partial charge >= 0.3 is 0 Å². The molecule has 3 rings (SSSR count). The van der Waals surface area contributed by atoms with E-state index in [0.29, 0.717) is 24.8 Å². The van der Waals surface area contributed by atoms with Crippen LogP contribution in [-0.2, 0) is 11.2 Å². The van der Waals surface area contributed by atoms with Crippen molar-refractivity contribution >= 4 is 5.91 Å². The summed E-state index contributed by atoms with van der Waals surface area (Å²) >= 11 is 0. The van der Waals surface area contributed by atoms with E-state index in [0.717, 1.165) is 12.8 Å². The van der Waals surface area contributed by atoms with Crippen molar-refractivity contribution in [2.75, 3.05) is 0 Å². The molecule has 2 aromatic rings. The fourth-order valence-electron chi connectivity index (χ4n) is 2.87. The SMILES string of the molecule is O=C(CCc1nnc(-c2ccccc2F)o1)NC1CCCCC1. The van der Waals surface area contributed by atoms with Gasteiger partial charge in [-0.2, -0.15) is 0 Å². The van der Waals surface area contributed by atoms with E-state index in [9.17, 15) is 9.18 Å². The molecule has 1 N–H and O–H groups in total. The molecule has 6 heteroatoms. The van der Waals surface area contributed by atoms with Crippen LogP contribution >= 0.6 is 0 Å². The van der Waals surface area contributed by atoms with Crippen LogP contribution in [0.25, 0.3) is 11.5 Å². The molecule has 122 valence electrons. The Balaban J connectivity index is 1.53. The molecular weight excluding hydrogens is 297 g/mol. The van der Waals surface area contributed by atoms with Gasteiger partial charge in [-0.15, -0.1) is 10.2 Å². The maximum atomic E-state index is 13.7. The number of halogens is 1. The molecule has 1 heterocycles. The van der Waals surface area contributed by atoms with Gasteiger partial charge in [0, 0.05) is 18.9 Å². The number of carbonyl (C=O) groups excluding carboxylic acids is 1. The van der Waals surface area contributed by atoms with Crippen LogP contribution in [0.15, 0.2) is 28.7 Å². The van der Waals surface area contributed by atoms with E-state index in [-0.39, 0.29) is 17.4 Å². The summed E-state index contributed by atoms with van der Waals surface area (Å²) < 4.78 is 19.1. The van der Waals surface area contributed by atoms with Crippen LogP contribution in [0.3, 0.4) is 0 Å². The second-order valence-electron chi connectivity index (χ2n) is 5.88. The van der Waals surface area contributed by atoms with Crippen molar-refractivity contribution in [2.24, 2.45) is 0 Å². The molecule has 1 amide bonds. The molecule has 1 aromatic carbocycles. The van der Waals surface area contributed by atoms with Crippen LogP contribution in [0, 0.1) is 5.82 Å². The van der Waals surface area contributed by atoms with Crippen molar-refractivity contribution in [3.8, 4) is 11.5 Å². The van der Waals surface area contributed by atoms with E-state index in [1.54, 1.807) is 18.2 Å². The molecule has 0 saturated heterocycles. The van der Waals surface area contributed by atoms with Crippen LogP contribution in [0.4, 0.5) is 4.39 Å². The first kappa shape index (κ1) is 15.6. The summed E-state index contributed by atoms with van der Waals surface area (Å²) in [6.07, 6.45) is 6.40. The van der Waals surface area contributed by atoms with Crippen LogP contribution < -0.4 is 5.32 Å². The van der Waals surface area contributed by atoms with E-state index in [4.69, 9.17) is 4.42 Å². The molecule has 5 nitrogen and oxygen atoms in total. The van der Waals surface area contributed by atoms with Gasteiger partial charge in [0.15, 0.2) is 0 Å². The topological polar surface area (TPSA) is 68.0 Å². The summed E-state index contributed by atoms with van der Waals surface area (Å²) in [4.78, 5) is 12.0. The minimum absolute atomic E-state index is 0.00235. The van der Waals surface area contributed by atoms with Crippen molar-refractivity contribution in [1.82, 2.24) is 15.5 Å². The Bertz CT molecular complexity index is 665. The van der Waals surface area contributed by atoms with E-state index >= 15 is 0 Å². The first-order valence-corrected chi connectivity index (χ1v) is 8.09. The average molecular weight is 317 g/mol. The maximum Gasteiger partial charge on any atom is 0.250 e. The molecule has 1 fully saturated rings. The van der Waals surface area contributed by atoms with Gasteiger partial charge in [0.25, 0.3) is 5.89 Å². The molecule has 0 bridgehead atoms. The van der Waals surface area contributed by atoms with Crippen LogP contribution in [0.5, 0.6) is 0 Å². The second kappa shape index (κ2) is 7.35. The fourth-order valence-corrected chi connectivity index (χ4v) is 2.87. The van der Waals surface area contributed by atoms with Crippen molar-refractivity contribution in [2.45, 2.75) is 51.0 Å². The van der Waals surface area contributed by atoms with Crippen LogP contribution in [-0.4, -0.2) is 22.1 Å². The van der Waals surface area contributed by atoms with E-state index in [1.165, 1.54) is 25.3 Å². The molecule has 0 aliphatic heterocycles. The summed E-state index contributed by atoms with van der Waals surface area (Å²) in [7, 11) is 0. The minimum atomic E-state index is -0.405. The zero-order valence-electron chi connectivity index (χ0n) is 12.9. The number of rotatable bonds is 5. The maximum absolute atomic E-state index is 13.7. The van der Waals surface area contributed by atoms with Crippen molar-refractivity contribution in [1.29, 1.82) is 0 Å². The van der Waals surface area contributed by atoms with Gasteiger partial charge in [-0.1, -0.05) is 31.4 Å². The number of amides is 1. The third-order valence-corrected chi connectivity index (χ3v) is 4.11. The lowest BCUT2D eigenvalue weighted by Gasteiger charge is -2.22. The quantitative estimate of drug-likeness (QED) is 0.919. The highest BCUT2D eigenvalue weighted by atomic mass is 19.1. The molecule has 1 aromatic heterocycles. The molecule has 1 aliphatic rings. The summed E-state index contributed by atoms with van der Waals surface area (Å²) in [6, 6.07) is 6.54. The zero-order chi connectivity index (χ0) is 16.1. The Hall–Kier alpha value is -2.24. The largest absolute Gasteiger partial charge is 0.421 e. The van der Waals surface area contributed by atoms with E-state index in [2.05, 4.69) is 15.5 Å². The van der Waals surface area contributed by atoms with Crippen LogP contribution in [0.2, 0.25) is 0 Å². The number of aryl methyl sites for hydroxylation is 1. The normalized spacial score (nSPS) is 15.5. The Morgan fingerprint density at radius 3 is 2.78 bits per heavy atom. The Labute approximate surface area is 134 Å². The number of carbonyl (C=O) groups is 1. The molecule has 0 atom stereocenters. The van der Waals surface area contributed by atoms with Gasteiger partial charge in [-0.25, -0.2) is 4.39 Å². The van der Waals surface area contributed by atoms with Gasteiger partial charge in [-0.3, -0.25) is 4.79 Å². The molecule has 0 spiro atoms. The smallest absolute Gasteiger partial charge is 0.250 e. The summed E-state index contributed by atoms with van der Waals surface area (Å²) in [5.74, 6) is 0.0909. The predicted octanol–water partition coefficient (Wildman–Crippen LogP) is 3.26. The Morgan fingerprint density at radius 2 is 2.00 bits per heavy atom. The van der Waals surface area contributed by atoms with Crippen molar-refractivity contribution < 1.29 is 13.6 Å². The zero-order valence-corrected chi connectivity index (χ0v) is 12.9. The number of hydrogen-bond acceptors (Lipinski definition) is 4. The van der Waals surface area contributed by atoms with Gasteiger partial charge in [-0.05, 0) is 25.0 Å². The number of aromatic nitrogens is 2. The third-order valence-electron chi connectivity index (χ3n) is 4.11. The van der Waals surface area contributed by atoms with Crippen LogP contribution in [0.1, 0.15) is 44.4 Å². The highest BCUT2D eigenvalue weighted by Gasteiger charge is 2.17. The Morgan fingerprint density at radius 1 is 1.22 bits per heavy atom. The van der Waals surface area contributed by atoms with Gasteiger partial charge < -0.3 is 9.73 Å². The number of benzene rings is 1. The average Bonchev–Trinajstić information content (AvgIpc) is 3.03. The lowest BCUT2D eigenvalue weighted by Crippen LogP contribution is -2.36. The number of nitrogens with one attached hydrogen (secondary N) is 1. The first-order chi connectivity index (χ1) is 11.2. The highest BCUT2D eigenvalue weighted by Crippen LogP contribution is 2.21. The standard InChI is InChI=1S/C17H20FN3O2/c18-14-9-5-4-8-13(14)17-21-20-16(23-17)11-10-15(22)19-12-6-2-1-3-7-12/h4-5,8-9,12H,1-3,6-7,10-11H2,(H,19,22). The predicted molar refractivity (Wildman–Crippen MR) is 83.0 cm³/mol. The lowest BCUT2D eigenvalue weighted by molar-refractivity contribution is -0.122. The number of hydrogen-bond donors (Lipinski definition) is 1. The van der Waals surface area contributed by atoms with Gasteiger partial charge in [0.2, 0.25) is 11.8 Å². The van der Waals surface area contributed by atoms with Crippen molar-refractivity contribution in [3.63, 3.8) is 0 Å². The molecular formula is C17H20FN3O2. The monoisotopic (exact) mass is 317 g/mol. The van der Waals surface area contributed by atoms with Gasteiger partial charge in [0.1, 0.15) is 5.82 Å². The van der Waals surface area contributed by atoms with E-state index in [1.807, 2.05) is 0 Å². The van der Waals surface area contributed by atoms with Gasteiger partial charge in [0.05, 0.1) is 5.56 Å². The number of nitrogens with zero attached hydrogens (tertiary/aromatic N) is 2. The molecule has 23 heavy (non-hydrogen) atoms. The lowest BCUT2D eigenvalue weighted by atomic mass is 9.95. The summed E-state index contributed by atoms with van der Waals surface area (Å²) in [6.45, 7) is 0. The Kier molecular flexibility index (Phi) is 5.00. The first-order valence-electron chi connectivity index (χ1n) is 8.09. The van der Waals surface area contributed by atoms with Crippen molar-refractivity contribution in [3.05, 3.63) is 36.0 Å². The second-order valence-corrected chi connectivity index (χ2v) is 5.88. The fraction of sp³-hybridized carbons (Fsp3) is 0.471. The molecule has 0 unspecified atom stereocenters. The van der Waals surface area contributed by atoms with E-state index < -0.39 is 5.82 Å². The highest BCUT2D eigenvalue weighted by molar-refractivity contribution is 5.76. The molecule has 0 radical (unpaired) electrons. The summed E-state index contributed by atoms with van der Waals surface area (Å²) in [5.41, 5.74) is 0.276. The summed E-state index contributed by atoms with van der Waals surface area (Å²) in [5, 5.41) is 10.8. The minimum Gasteiger partial charge on any atom is -0.421 e. The molecule has 1 saturated carbocycles. The third kappa shape index (κ3) is 4.15.